The molecule has 0 spiro atoms. The molecule has 0 radical (unpaired) electrons. The Kier molecular flexibility index (Phi) is 4.68. The lowest BCUT2D eigenvalue weighted by atomic mass is 10.1. The standard InChI is InChI=1S/C20H26N4O2/c1-14-18(15-6-2-3-7-16(15)22-14)20(26)24-12-10-23(11-13-24)17-8-4-5-9-21-19(17)25/h2-3,6-7,17,22H,4-5,8-13H2,1H3,(H,21,25). The molecule has 2 fully saturated rings. The van der Waals surface area contributed by atoms with Gasteiger partial charge < -0.3 is 15.2 Å². The van der Waals surface area contributed by atoms with Crippen molar-refractivity contribution in [3.05, 3.63) is 35.5 Å². The van der Waals surface area contributed by atoms with Crippen molar-refractivity contribution in [3.8, 4) is 0 Å². The maximum absolute atomic E-state index is 13.1. The molecule has 2 aliphatic heterocycles. The maximum atomic E-state index is 13.1. The van der Waals surface area contributed by atoms with Gasteiger partial charge in [-0.2, -0.15) is 0 Å². The van der Waals surface area contributed by atoms with Crippen molar-refractivity contribution in [2.45, 2.75) is 32.2 Å². The van der Waals surface area contributed by atoms with Gasteiger partial charge in [0.2, 0.25) is 5.91 Å². The van der Waals surface area contributed by atoms with E-state index < -0.39 is 0 Å². The molecule has 2 saturated heterocycles. The molecule has 2 amide bonds. The maximum Gasteiger partial charge on any atom is 0.256 e. The molecule has 1 unspecified atom stereocenters. The number of hydrogen-bond acceptors (Lipinski definition) is 3. The van der Waals surface area contributed by atoms with Gasteiger partial charge >= 0.3 is 0 Å². The second kappa shape index (κ2) is 7.11. The van der Waals surface area contributed by atoms with Gasteiger partial charge in [-0.05, 0) is 32.3 Å². The van der Waals surface area contributed by atoms with Crippen molar-refractivity contribution in [1.29, 1.82) is 0 Å². The number of aromatic nitrogens is 1. The van der Waals surface area contributed by atoms with Crippen LogP contribution in [0.1, 0.15) is 35.3 Å². The van der Waals surface area contributed by atoms with Crippen molar-refractivity contribution in [2.24, 2.45) is 0 Å². The number of aryl methyl sites for hydroxylation is 1. The summed E-state index contributed by atoms with van der Waals surface area (Å²) in [7, 11) is 0. The third-order valence-electron chi connectivity index (χ3n) is 5.66. The summed E-state index contributed by atoms with van der Waals surface area (Å²) < 4.78 is 0. The van der Waals surface area contributed by atoms with E-state index in [0.29, 0.717) is 13.1 Å². The molecule has 0 aliphatic carbocycles. The van der Waals surface area contributed by atoms with E-state index in [1.165, 1.54) is 0 Å². The van der Waals surface area contributed by atoms with Gasteiger partial charge in [0.05, 0.1) is 11.6 Å². The third-order valence-corrected chi connectivity index (χ3v) is 5.66. The van der Waals surface area contributed by atoms with Crippen LogP contribution in [0.25, 0.3) is 10.9 Å². The number of hydrogen-bond donors (Lipinski definition) is 2. The smallest absolute Gasteiger partial charge is 0.256 e. The molecule has 26 heavy (non-hydrogen) atoms. The molecule has 1 aromatic heterocycles. The van der Waals surface area contributed by atoms with Crippen LogP contribution in [-0.4, -0.2) is 65.4 Å². The number of rotatable bonds is 2. The molecule has 138 valence electrons. The van der Waals surface area contributed by atoms with Crippen LogP contribution >= 0.6 is 0 Å². The number of H-pyrrole nitrogens is 1. The summed E-state index contributed by atoms with van der Waals surface area (Å²) in [4.78, 5) is 32.9. The number of piperazine rings is 1. The van der Waals surface area contributed by atoms with E-state index in [9.17, 15) is 9.59 Å². The van der Waals surface area contributed by atoms with Crippen LogP contribution in [0.5, 0.6) is 0 Å². The van der Waals surface area contributed by atoms with Gasteiger partial charge in [0, 0.05) is 49.3 Å². The first-order valence-corrected chi connectivity index (χ1v) is 9.53. The lowest BCUT2D eigenvalue weighted by Gasteiger charge is -2.38. The Labute approximate surface area is 153 Å². The highest BCUT2D eigenvalue weighted by molar-refractivity contribution is 6.08. The van der Waals surface area contributed by atoms with Crippen LogP contribution < -0.4 is 5.32 Å². The highest BCUT2D eigenvalue weighted by Crippen LogP contribution is 2.24. The Morgan fingerprint density at radius 3 is 2.69 bits per heavy atom. The lowest BCUT2D eigenvalue weighted by Crippen LogP contribution is -2.55. The summed E-state index contributed by atoms with van der Waals surface area (Å²) in [6.45, 7) is 5.59. The Hall–Kier alpha value is -2.34. The van der Waals surface area contributed by atoms with E-state index in [1.54, 1.807) is 0 Å². The number of fused-ring (bicyclic) bond motifs is 1. The number of aromatic amines is 1. The zero-order valence-electron chi connectivity index (χ0n) is 15.3. The van der Waals surface area contributed by atoms with E-state index in [2.05, 4.69) is 15.2 Å². The van der Waals surface area contributed by atoms with E-state index in [1.807, 2.05) is 36.1 Å². The SMILES string of the molecule is Cc1[nH]c2ccccc2c1C(=O)N1CCN(C2CCCCNC2=O)CC1. The van der Waals surface area contributed by atoms with Gasteiger partial charge in [0.1, 0.15) is 0 Å². The van der Waals surface area contributed by atoms with Crippen LogP contribution in [0.3, 0.4) is 0 Å². The highest BCUT2D eigenvalue weighted by Gasteiger charge is 2.32. The third kappa shape index (κ3) is 3.09. The predicted octanol–water partition coefficient (Wildman–Crippen LogP) is 1.90. The largest absolute Gasteiger partial charge is 0.358 e. The summed E-state index contributed by atoms with van der Waals surface area (Å²) >= 11 is 0. The van der Waals surface area contributed by atoms with Crippen LogP contribution in [0.15, 0.2) is 24.3 Å². The van der Waals surface area contributed by atoms with Crippen molar-refractivity contribution < 1.29 is 9.59 Å². The van der Waals surface area contributed by atoms with E-state index >= 15 is 0 Å². The van der Waals surface area contributed by atoms with Crippen molar-refractivity contribution in [1.82, 2.24) is 20.1 Å². The average molecular weight is 354 g/mol. The Balaban J connectivity index is 1.46. The Morgan fingerprint density at radius 1 is 1.12 bits per heavy atom. The van der Waals surface area contributed by atoms with Gasteiger partial charge in [-0.15, -0.1) is 0 Å². The molecule has 3 heterocycles. The van der Waals surface area contributed by atoms with E-state index in [0.717, 1.165) is 61.1 Å². The molecule has 6 heteroatoms. The fourth-order valence-electron chi connectivity index (χ4n) is 4.22. The highest BCUT2D eigenvalue weighted by atomic mass is 16.2. The molecule has 0 bridgehead atoms. The summed E-state index contributed by atoms with van der Waals surface area (Å²) in [5.74, 6) is 0.236. The molecule has 1 aromatic carbocycles. The van der Waals surface area contributed by atoms with Gasteiger partial charge in [-0.3, -0.25) is 14.5 Å². The number of benzene rings is 1. The first kappa shape index (κ1) is 17.1. The molecule has 2 N–H and O–H groups in total. The number of para-hydroxylation sites is 1. The zero-order valence-corrected chi connectivity index (χ0v) is 15.3. The number of nitrogens with zero attached hydrogens (tertiary/aromatic N) is 2. The van der Waals surface area contributed by atoms with Gasteiger partial charge in [0.25, 0.3) is 5.91 Å². The predicted molar refractivity (Wildman–Crippen MR) is 101 cm³/mol. The normalized spacial score (nSPS) is 22.3. The van der Waals surface area contributed by atoms with Gasteiger partial charge in [-0.1, -0.05) is 18.2 Å². The molecule has 6 nitrogen and oxygen atoms in total. The summed E-state index contributed by atoms with van der Waals surface area (Å²) in [6, 6.07) is 7.91. The lowest BCUT2D eigenvalue weighted by molar-refractivity contribution is -0.126. The monoisotopic (exact) mass is 354 g/mol. The Morgan fingerprint density at radius 2 is 1.88 bits per heavy atom. The van der Waals surface area contributed by atoms with Gasteiger partial charge in [0.15, 0.2) is 0 Å². The van der Waals surface area contributed by atoms with Crippen LogP contribution in [-0.2, 0) is 4.79 Å². The summed E-state index contributed by atoms with van der Waals surface area (Å²) in [5.41, 5.74) is 2.70. The average Bonchev–Trinajstić information content (AvgIpc) is 2.84. The molecular formula is C20H26N4O2. The topological polar surface area (TPSA) is 68.4 Å². The van der Waals surface area contributed by atoms with Crippen molar-refractivity contribution in [3.63, 3.8) is 0 Å². The van der Waals surface area contributed by atoms with Gasteiger partial charge in [-0.25, -0.2) is 0 Å². The minimum Gasteiger partial charge on any atom is -0.358 e. The molecule has 0 saturated carbocycles. The van der Waals surface area contributed by atoms with E-state index in [-0.39, 0.29) is 17.9 Å². The number of nitrogens with one attached hydrogen (secondary N) is 2. The molecule has 1 atom stereocenters. The first-order valence-electron chi connectivity index (χ1n) is 9.53. The number of carbonyl (C=O) groups is 2. The number of amides is 2. The van der Waals surface area contributed by atoms with Crippen LogP contribution in [0, 0.1) is 6.92 Å². The van der Waals surface area contributed by atoms with Crippen molar-refractivity contribution in [2.75, 3.05) is 32.7 Å². The zero-order chi connectivity index (χ0) is 18.1. The molecule has 2 aliphatic rings. The quantitative estimate of drug-likeness (QED) is 0.866. The first-order chi connectivity index (χ1) is 12.6. The molecular weight excluding hydrogens is 328 g/mol. The molecule has 4 rings (SSSR count). The van der Waals surface area contributed by atoms with E-state index in [4.69, 9.17) is 0 Å². The minimum absolute atomic E-state index is 0.0374. The summed E-state index contributed by atoms with van der Waals surface area (Å²) in [5, 5.41) is 4.00. The fourth-order valence-corrected chi connectivity index (χ4v) is 4.22. The molecule has 2 aromatic rings. The second-order valence-corrected chi connectivity index (χ2v) is 7.30. The van der Waals surface area contributed by atoms with Crippen molar-refractivity contribution >= 4 is 22.7 Å². The Bertz CT molecular complexity index is 820. The number of carbonyl (C=O) groups excluding carboxylic acids is 2. The fraction of sp³-hybridized carbons (Fsp3) is 0.500. The van der Waals surface area contributed by atoms with Crippen LogP contribution in [0.4, 0.5) is 0 Å². The summed E-state index contributed by atoms with van der Waals surface area (Å²) in [6.07, 6.45) is 3.05. The second-order valence-electron chi connectivity index (χ2n) is 7.30. The van der Waals surface area contributed by atoms with Crippen LogP contribution in [0.2, 0.25) is 0 Å². The minimum atomic E-state index is -0.0374.